The zero-order chi connectivity index (χ0) is 13.9. The molecule has 1 aliphatic rings. The molecule has 1 aromatic rings. The molecule has 1 N–H and O–H groups in total. The molecule has 1 saturated heterocycles. The molecule has 2 nitrogen and oxygen atoms in total. The normalized spacial score (nSPS) is 19.6. The zero-order valence-electron chi connectivity index (χ0n) is 12.9. The fourth-order valence-electron chi connectivity index (χ4n) is 2.52. The summed E-state index contributed by atoms with van der Waals surface area (Å²) in [7, 11) is 0. The average Bonchev–Trinajstić information content (AvgIpc) is 2.49. The molecule has 0 bridgehead atoms. The van der Waals surface area contributed by atoms with Crippen molar-refractivity contribution in [3.05, 3.63) is 35.9 Å². The molecule has 2 rings (SSSR count). The van der Waals surface area contributed by atoms with Gasteiger partial charge in [-0.05, 0) is 12.0 Å². The second-order valence-corrected chi connectivity index (χ2v) is 5.01. The number of rotatable bonds is 5. The number of piperazine rings is 1. The topological polar surface area (TPSA) is 15.3 Å². The summed E-state index contributed by atoms with van der Waals surface area (Å²) in [4.78, 5) is 2.58. The van der Waals surface area contributed by atoms with Crippen LogP contribution in [0, 0.1) is 0 Å². The van der Waals surface area contributed by atoms with Crippen molar-refractivity contribution in [2.24, 2.45) is 0 Å². The minimum absolute atomic E-state index is 0. The lowest BCUT2D eigenvalue weighted by atomic mass is 10.1. The summed E-state index contributed by atoms with van der Waals surface area (Å²) in [6, 6.07) is 11.5. The van der Waals surface area contributed by atoms with Crippen LogP contribution in [0.15, 0.2) is 30.3 Å². The molecule has 1 heterocycles. The van der Waals surface area contributed by atoms with Crippen LogP contribution in [-0.2, 0) is 6.54 Å². The number of hydrogen-bond donors (Lipinski definition) is 1. The third-order valence-corrected chi connectivity index (χ3v) is 3.49. The minimum Gasteiger partial charge on any atom is -0.311 e. The van der Waals surface area contributed by atoms with Gasteiger partial charge in [-0.1, -0.05) is 63.9 Å². The van der Waals surface area contributed by atoms with Crippen molar-refractivity contribution in [2.75, 3.05) is 19.6 Å². The average molecular weight is 264 g/mol. The lowest BCUT2D eigenvalue weighted by Crippen LogP contribution is -2.50. The van der Waals surface area contributed by atoms with Crippen LogP contribution in [0.2, 0.25) is 0 Å². The third kappa shape index (κ3) is 6.22. The van der Waals surface area contributed by atoms with E-state index in [1.165, 1.54) is 37.9 Å². The van der Waals surface area contributed by atoms with E-state index in [0.29, 0.717) is 6.04 Å². The summed E-state index contributed by atoms with van der Waals surface area (Å²) in [5, 5.41) is 3.63. The van der Waals surface area contributed by atoms with Crippen LogP contribution in [0.25, 0.3) is 0 Å². The van der Waals surface area contributed by atoms with Gasteiger partial charge in [0.05, 0.1) is 0 Å². The smallest absolute Gasteiger partial charge is 0.0234 e. The SMILES string of the molecule is CC.CCCC[C@H]1CN(Cc2ccccc2)CCN1.[HH]. The molecule has 1 aromatic carbocycles. The number of unbranched alkanes of at least 4 members (excludes halogenated alkanes) is 1. The Balaban J connectivity index is 0.00000115. The maximum absolute atomic E-state index is 3.63. The van der Waals surface area contributed by atoms with Gasteiger partial charge in [0.15, 0.2) is 0 Å². The van der Waals surface area contributed by atoms with E-state index in [-0.39, 0.29) is 1.43 Å². The van der Waals surface area contributed by atoms with E-state index in [9.17, 15) is 0 Å². The molecule has 0 spiro atoms. The quantitative estimate of drug-likeness (QED) is 0.867. The predicted octanol–water partition coefficient (Wildman–Crippen LogP) is 3.92. The molecule has 2 heteroatoms. The van der Waals surface area contributed by atoms with Crippen molar-refractivity contribution in [1.82, 2.24) is 10.2 Å². The fraction of sp³-hybridized carbons (Fsp3) is 0.647. The third-order valence-electron chi connectivity index (χ3n) is 3.49. The summed E-state index contributed by atoms with van der Waals surface area (Å²) in [6.07, 6.45) is 3.97. The molecular formula is C17H32N2. The molecule has 1 aliphatic heterocycles. The van der Waals surface area contributed by atoms with E-state index in [1.807, 2.05) is 13.8 Å². The first-order valence-corrected chi connectivity index (χ1v) is 7.88. The van der Waals surface area contributed by atoms with Gasteiger partial charge >= 0.3 is 0 Å². The van der Waals surface area contributed by atoms with Crippen LogP contribution in [0.5, 0.6) is 0 Å². The summed E-state index contributed by atoms with van der Waals surface area (Å²) in [6.45, 7) is 10.9. The van der Waals surface area contributed by atoms with Crippen molar-refractivity contribution >= 4 is 0 Å². The minimum atomic E-state index is 0. The monoisotopic (exact) mass is 264 g/mol. The van der Waals surface area contributed by atoms with Crippen molar-refractivity contribution in [1.29, 1.82) is 0 Å². The van der Waals surface area contributed by atoms with Crippen LogP contribution >= 0.6 is 0 Å². The first-order valence-electron chi connectivity index (χ1n) is 7.88. The maximum Gasteiger partial charge on any atom is 0.0234 e. The Morgan fingerprint density at radius 1 is 1.26 bits per heavy atom. The second kappa shape index (κ2) is 9.99. The van der Waals surface area contributed by atoms with Crippen molar-refractivity contribution < 1.29 is 1.43 Å². The Kier molecular flexibility index (Phi) is 8.52. The van der Waals surface area contributed by atoms with Crippen LogP contribution in [0.1, 0.15) is 47.0 Å². The largest absolute Gasteiger partial charge is 0.311 e. The Hall–Kier alpha value is -0.860. The van der Waals surface area contributed by atoms with Crippen molar-refractivity contribution in [2.45, 2.75) is 52.6 Å². The van der Waals surface area contributed by atoms with E-state index in [4.69, 9.17) is 0 Å². The Labute approximate surface area is 120 Å². The Bertz CT molecular complexity index is 316. The fourth-order valence-corrected chi connectivity index (χ4v) is 2.52. The van der Waals surface area contributed by atoms with Crippen LogP contribution in [-0.4, -0.2) is 30.6 Å². The molecule has 0 aliphatic carbocycles. The molecule has 0 radical (unpaired) electrons. The summed E-state index contributed by atoms with van der Waals surface area (Å²) in [5.74, 6) is 0. The Morgan fingerprint density at radius 3 is 2.68 bits per heavy atom. The molecular weight excluding hydrogens is 232 g/mol. The maximum atomic E-state index is 3.63. The van der Waals surface area contributed by atoms with Crippen LogP contribution in [0.3, 0.4) is 0 Å². The molecule has 1 fully saturated rings. The number of benzene rings is 1. The van der Waals surface area contributed by atoms with E-state index < -0.39 is 0 Å². The number of nitrogens with one attached hydrogen (secondary N) is 1. The van der Waals surface area contributed by atoms with Crippen LogP contribution in [0.4, 0.5) is 0 Å². The van der Waals surface area contributed by atoms with E-state index in [0.717, 1.165) is 13.1 Å². The van der Waals surface area contributed by atoms with Crippen molar-refractivity contribution in [3.63, 3.8) is 0 Å². The van der Waals surface area contributed by atoms with Gasteiger partial charge in [0, 0.05) is 33.6 Å². The van der Waals surface area contributed by atoms with Gasteiger partial charge in [0.25, 0.3) is 0 Å². The van der Waals surface area contributed by atoms with Gasteiger partial charge in [-0.25, -0.2) is 0 Å². The molecule has 0 saturated carbocycles. The van der Waals surface area contributed by atoms with Gasteiger partial charge in [0.2, 0.25) is 0 Å². The highest BCUT2D eigenvalue weighted by atomic mass is 15.2. The summed E-state index contributed by atoms with van der Waals surface area (Å²) < 4.78 is 0. The van der Waals surface area contributed by atoms with Gasteiger partial charge in [-0.15, -0.1) is 0 Å². The zero-order valence-corrected chi connectivity index (χ0v) is 12.9. The van der Waals surface area contributed by atoms with Gasteiger partial charge < -0.3 is 5.32 Å². The van der Waals surface area contributed by atoms with Gasteiger partial charge in [0.1, 0.15) is 0 Å². The lowest BCUT2D eigenvalue weighted by molar-refractivity contribution is 0.186. The van der Waals surface area contributed by atoms with Gasteiger partial charge in [-0.3, -0.25) is 4.90 Å². The molecule has 0 unspecified atom stereocenters. The first kappa shape index (κ1) is 16.2. The highest BCUT2D eigenvalue weighted by Gasteiger charge is 2.18. The summed E-state index contributed by atoms with van der Waals surface area (Å²) in [5.41, 5.74) is 1.43. The summed E-state index contributed by atoms with van der Waals surface area (Å²) >= 11 is 0. The van der Waals surface area contributed by atoms with Gasteiger partial charge in [-0.2, -0.15) is 0 Å². The first-order chi connectivity index (χ1) is 9.38. The van der Waals surface area contributed by atoms with Crippen molar-refractivity contribution in [3.8, 4) is 0 Å². The lowest BCUT2D eigenvalue weighted by Gasteiger charge is -2.33. The number of hydrogen-bond acceptors (Lipinski definition) is 2. The molecule has 0 amide bonds. The van der Waals surface area contributed by atoms with E-state index in [2.05, 4.69) is 47.5 Å². The predicted molar refractivity (Wildman–Crippen MR) is 86.5 cm³/mol. The highest BCUT2D eigenvalue weighted by Crippen LogP contribution is 2.10. The molecule has 110 valence electrons. The molecule has 0 aromatic heterocycles. The second-order valence-electron chi connectivity index (χ2n) is 5.01. The number of nitrogens with zero attached hydrogens (tertiary/aromatic N) is 1. The Morgan fingerprint density at radius 2 is 2.00 bits per heavy atom. The standard InChI is InChI=1S/C15H24N2.C2H6.H2/c1-2-3-9-15-13-17(11-10-16-15)12-14-7-5-4-6-8-14;1-2;/h4-8,15-16H,2-3,9-13H2,1H3;1-2H3;1H/t15-;;/m0../s1. The highest BCUT2D eigenvalue weighted by molar-refractivity contribution is 5.14. The molecule has 1 atom stereocenters. The van der Waals surface area contributed by atoms with E-state index in [1.54, 1.807) is 0 Å². The molecule has 19 heavy (non-hydrogen) atoms. The van der Waals surface area contributed by atoms with Crippen LogP contribution < -0.4 is 5.32 Å². The van der Waals surface area contributed by atoms with E-state index >= 15 is 0 Å².